The number of halogens is 2. The monoisotopic (exact) mass is 379 g/mol. The van der Waals surface area contributed by atoms with E-state index in [2.05, 4.69) is 15.8 Å². The van der Waals surface area contributed by atoms with Crippen LogP contribution in [0.15, 0.2) is 47.5 Å². The summed E-state index contributed by atoms with van der Waals surface area (Å²) in [6.07, 6.45) is -0.867. The van der Waals surface area contributed by atoms with E-state index in [0.717, 1.165) is 5.56 Å². The number of aliphatic imine (C=N–C) groups is 1. The minimum Gasteiger partial charge on any atom is -0.360 e. The molecule has 8 heteroatoms. The Morgan fingerprint density at radius 3 is 2.96 bits per heavy atom. The fraction of sp³-hybridized carbons (Fsp3) is 0.125. The molecule has 2 N–H and O–H groups in total. The Morgan fingerprint density at radius 1 is 1.38 bits per heavy atom. The Labute approximate surface area is 153 Å². The molecule has 5 nitrogen and oxygen atoms in total. The molecular weight excluding hydrogens is 367 g/mol. The maximum atomic E-state index is 10.1. The van der Waals surface area contributed by atoms with Crippen LogP contribution in [0.5, 0.6) is 0 Å². The molecular formula is C16H13Cl2N4OS+. The summed E-state index contributed by atoms with van der Waals surface area (Å²) < 4.78 is 2.86. The molecule has 1 fully saturated rings. The van der Waals surface area contributed by atoms with E-state index in [-0.39, 0.29) is 0 Å². The van der Waals surface area contributed by atoms with E-state index in [1.165, 1.54) is 11.9 Å². The van der Waals surface area contributed by atoms with Crippen molar-refractivity contribution in [1.29, 1.82) is 5.26 Å². The molecule has 0 saturated carbocycles. The highest BCUT2D eigenvalue weighted by Gasteiger charge is 2.28. The van der Waals surface area contributed by atoms with Gasteiger partial charge in [0.05, 0.1) is 17.3 Å². The molecule has 2 aromatic rings. The average molecular weight is 380 g/mol. The standard InChI is InChI=1S/C16H13Cl2N4OS/c17-13-5-4-12(7-14(13)18)20-16-22(15(23)21-24-16)9-11-3-1-2-10(6-11)8-19/h1-7,15,17,21,23H,9H2/q+1. The Hall–Kier alpha value is -1.75. The summed E-state index contributed by atoms with van der Waals surface area (Å²) in [5, 5.41) is 20.8. The molecule has 0 radical (unpaired) electrons. The number of nitrogens with zero attached hydrogens (tertiary/aromatic N) is 3. The second kappa shape index (κ2) is 7.43. The second-order valence-corrected chi connectivity index (χ2v) is 6.69. The van der Waals surface area contributed by atoms with E-state index in [1.807, 2.05) is 12.1 Å². The molecule has 1 unspecified atom stereocenters. The summed E-state index contributed by atoms with van der Waals surface area (Å²) in [4.78, 5) is 6.22. The van der Waals surface area contributed by atoms with Gasteiger partial charge < -0.3 is 10.0 Å². The largest absolute Gasteiger partial charge is 0.360 e. The zero-order chi connectivity index (χ0) is 17.1. The van der Waals surface area contributed by atoms with Crippen LogP contribution >= 0.6 is 23.5 Å². The van der Waals surface area contributed by atoms with Gasteiger partial charge in [0.15, 0.2) is 23.1 Å². The van der Waals surface area contributed by atoms with Crippen molar-refractivity contribution in [3.63, 3.8) is 0 Å². The van der Waals surface area contributed by atoms with Crippen LogP contribution in [-0.2, 0) is 6.54 Å². The first-order valence-corrected chi connectivity index (χ1v) is 8.58. The summed E-state index contributed by atoms with van der Waals surface area (Å²) in [5.74, 6) is 0. The summed E-state index contributed by atoms with van der Waals surface area (Å²) in [6.45, 7) is 0.419. The van der Waals surface area contributed by atoms with Gasteiger partial charge in [0.1, 0.15) is 5.02 Å². The molecule has 0 aliphatic carbocycles. The maximum Gasteiger partial charge on any atom is 0.244 e. The van der Waals surface area contributed by atoms with Crippen molar-refractivity contribution in [2.24, 2.45) is 4.99 Å². The first-order chi connectivity index (χ1) is 11.6. The van der Waals surface area contributed by atoms with Gasteiger partial charge in [-0.05, 0) is 41.8 Å². The number of nitriles is 1. The van der Waals surface area contributed by atoms with Crippen molar-refractivity contribution in [2.45, 2.75) is 12.9 Å². The fourth-order valence-electron chi connectivity index (χ4n) is 2.18. The second-order valence-electron chi connectivity index (χ2n) is 5.04. The fourth-order valence-corrected chi connectivity index (χ4v) is 3.25. The SMILES string of the molecule is N#Cc1cccc(CN2C(=Nc3ccc([ClH+])c(Cl)c3)SNC2O)c1. The normalized spacial score (nSPS) is 18.8. The van der Waals surface area contributed by atoms with Gasteiger partial charge in [0, 0.05) is 12.6 Å². The molecule has 3 rings (SSSR count). The molecule has 1 heterocycles. The Kier molecular flexibility index (Phi) is 5.29. The van der Waals surface area contributed by atoms with Crippen LogP contribution in [0.4, 0.5) is 5.69 Å². The van der Waals surface area contributed by atoms with Crippen LogP contribution in [0.1, 0.15) is 11.1 Å². The summed E-state index contributed by atoms with van der Waals surface area (Å²) >= 11 is 12.3. The van der Waals surface area contributed by atoms with Gasteiger partial charge in [-0.3, -0.25) is 0 Å². The minimum atomic E-state index is -0.867. The highest BCUT2D eigenvalue weighted by atomic mass is 35.5. The summed E-state index contributed by atoms with van der Waals surface area (Å²) in [7, 11) is 0. The first kappa shape index (κ1) is 17.1. The molecule has 0 bridgehead atoms. The van der Waals surface area contributed by atoms with Crippen molar-refractivity contribution >= 4 is 34.4 Å². The maximum absolute atomic E-state index is 10.1. The molecule has 24 heavy (non-hydrogen) atoms. The van der Waals surface area contributed by atoms with Gasteiger partial charge in [-0.15, -0.1) is 0 Å². The predicted molar refractivity (Wildman–Crippen MR) is 92.5 cm³/mol. The van der Waals surface area contributed by atoms with E-state index in [1.54, 1.807) is 35.2 Å². The number of hydrogen-bond donors (Lipinski definition) is 2. The van der Waals surface area contributed by atoms with E-state index in [4.69, 9.17) is 28.5 Å². The van der Waals surface area contributed by atoms with Crippen LogP contribution in [-0.4, -0.2) is 21.5 Å². The topological polar surface area (TPSA) is 71.7 Å². The van der Waals surface area contributed by atoms with Crippen molar-refractivity contribution in [2.75, 3.05) is 0 Å². The zero-order valence-electron chi connectivity index (χ0n) is 12.3. The molecule has 0 aromatic heterocycles. The number of aliphatic hydroxyl groups is 1. The van der Waals surface area contributed by atoms with Gasteiger partial charge >= 0.3 is 0 Å². The van der Waals surface area contributed by atoms with Crippen molar-refractivity contribution in [3.8, 4) is 6.07 Å². The molecule has 1 atom stereocenters. The average Bonchev–Trinajstić information content (AvgIpc) is 2.91. The molecule has 0 amide bonds. The summed E-state index contributed by atoms with van der Waals surface area (Å²) in [5.41, 5.74) is 2.14. The molecule has 2 aromatic carbocycles. The van der Waals surface area contributed by atoms with Crippen molar-refractivity contribution in [1.82, 2.24) is 9.62 Å². The van der Waals surface area contributed by atoms with Crippen molar-refractivity contribution < 1.29 is 16.7 Å². The van der Waals surface area contributed by atoms with Gasteiger partial charge in [0.25, 0.3) is 0 Å². The number of amidine groups is 1. The van der Waals surface area contributed by atoms with Gasteiger partial charge in [-0.25, -0.2) is 9.71 Å². The van der Waals surface area contributed by atoms with Gasteiger partial charge in [-0.2, -0.15) is 5.26 Å². The highest BCUT2D eigenvalue weighted by Crippen LogP contribution is 2.27. The molecule has 0 spiro atoms. The van der Waals surface area contributed by atoms with Crippen LogP contribution in [0.2, 0.25) is 10.0 Å². The Morgan fingerprint density at radius 2 is 2.21 bits per heavy atom. The van der Waals surface area contributed by atoms with E-state index >= 15 is 0 Å². The Bertz CT molecular complexity index is 837. The van der Waals surface area contributed by atoms with Gasteiger partial charge in [0.2, 0.25) is 5.02 Å². The minimum absolute atomic E-state index is 0.419. The van der Waals surface area contributed by atoms with Crippen LogP contribution in [0, 0.1) is 22.9 Å². The van der Waals surface area contributed by atoms with E-state index < -0.39 is 6.35 Å². The quantitative estimate of drug-likeness (QED) is 0.802. The number of aliphatic hydroxyl groups excluding tert-OH is 1. The Balaban J connectivity index is 1.86. The smallest absolute Gasteiger partial charge is 0.244 e. The zero-order valence-corrected chi connectivity index (χ0v) is 14.7. The molecule has 1 aliphatic rings. The third-order valence-corrected chi connectivity index (χ3v) is 4.96. The predicted octanol–water partition coefficient (Wildman–Crippen LogP) is 2.92. The van der Waals surface area contributed by atoms with Crippen molar-refractivity contribution in [3.05, 3.63) is 63.6 Å². The van der Waals surface area contributed by atoms with Gasteiger partial charge in [-0.1, -0.05) is 23.7 Å². The third-order valence-electron chi connectivity index (χ3n) is 3.35. The number of nitrogens with one attached hydrogen (secondary N) is 1. The number of rotatable bonds is 3. The van der Waals surface area contributed by atoms with E-state index in [9.17, 15) is 5.11 Å². The lowest BCUT2D eigenvalue weighted by molar-refractivity contribution is -0.288. The lowest BCUT2D eigenvalue weighted by Gasteiger charge is -2.21. The van der Waals surface area contributed by atoms with Crippen LogP contribution in [0.3, 0.4) is 0 Å². The first-order valence-electron chi connectivity index (χ1n) is 6.98. The van der Waals surface area contributed by atoms with Crippen LogP contribution < -0.4 is 4.72 Å². The molecule has 1 saturated heterocycles. The lowest BCUT2D eigenvalue weighted by Crippen LogP contribution is -2.36. The van der Waals surface area contributed by atoms with Crippen LogP contribution in [0.25, 0.3) is 0 Å². The lowest BCUT2D eigenvalue weighted by atomic mass is 10.1. The number of benzene rings is 2. The third kappa shape index (κ3) is 3.83. The number of hydrogen-bond acceptors (Lipinski definition) is 5. The molecule has 122 valence electrons. The molecule has 1 aliphatic heterocycles. The van der Waals surface area contributed by atoms with E-state index in [0.29, 0.717) is 33.0 Å². The highest BCUT2D eigenvalue weighted by molar-refractivity contribution is 8.12. The summed E-state index contributed by atoms with van der Waals surface area (Å²) in [6, 6.07) is 14.5.